The van der Waals surface area contributed by atoms with Gasteiger partial charge in [-0.25, -0.2) is 4.79 Å². The number of aromatic nitrogens is 2. The van der Waals surface area contributed by atoms with Gasteiger partial charge < -0.3 is 15.4 Å². The monoisotopic (exact) mass is 456 g/mol. The number of esters is 1. The summed E-state index contributed by atoms with van der Waals surface area (Å²) in [5, 5.41) is 10.2. The van der Waals surface area contributed by atoms with Crippen molar-refractivity contribution in [1.29, 1.82) is 0 Å². The van der Waals surface area contributed by atoms with Crippen LogP contribution in [0.25, 0.3) is 11.3 Å². The molecule has 1 aliphatic carbocycles. The molecule has 1 aliphatic rings. The first kappa shape index (κ1) is 22.7. The van der Waals surface area contributed by atoms with Gasteiger partial charge in [0, 0.05) is 35.5 Å². The number of nitrogens with one attached hydrogen (secondary N) is 2. The third kappa shape index (κ3) is 5.12. The molecule has 0 aliphatic heterocycles. The van der Waals surface area contributed by atoms with Gasteiger partial charge in [-0.2, -0.15) is 5.10 Å². The molecule has 0 saturated heterocycles. The number of hydrogen-bond donors (Lipinski definition) is 2. The van der Waals surface area contributed by atoms with E-state index in [4.69, 9.17) is 4.74 Å². The van der Waals surface area contributed by atoms with Crippen LogP contribution >= 0.6 is 0 Å². The normalized spacial score (nSPS) is 12.6. The second-order valence-electron chi connectivity index (χ2n) is 7.74. The summed E-state index contributed by atoms with van der Waals surface area (Å²) in [6, 6.07) is 15.4. The molecule has 0 radical (unpaired) electrons. The van der Waals surface area contributed by atoms with Crippen LogP contribution in [0.2, 0.25) is 0 Å². The number of anilines is 2. The van der Waals surface area contributed by atoms with Gasteiger partial charge in [0.2, 0.25) is 0 Å². The Morgan fingerprint density at radius 3 is 2.41 bits per heavy atom. The van der Waals surface area contributed by atoms with E-state index in [2.05, 4.69) is 15.7 Å². The highest BCUT2D eigenvalue weighted by Crippen LogP contribution is 2.24. The van der Waals surface area contributed by atoms with E-state index < -0.39 is 5.97 Å². The largest absolute Gasteiger partial charge is 0.465 e. The number of carbonyl (C=O) groups is 3. The summed E-state index contributed by atoms with van der Waals surface area (Å²) >= 11 is 0. The lowest BCUT2D eigenvalue weighted by atomic mass is 10.1. The van der Waals surface area contributed by atoms with Crippen LogP contribution < -0.4 is 10.6 Å². The first-order valence-electron chi connectivity index (χ1n) is 10.8. The third-order valence-corrected chi connectivity index (χ3v) is 5.36. The Labute approximate surface area is 196 Å². The molecule has 34 heavy (non-hydrogen) atoms. The maximum Gasteiger partial charge on any atom is 0.337 e. The van der Waals surface area contributed by atoms with Crippen molar-refractivity contribution in [3.63, 3.8) is 0 Å². The van der Waals surface area contributed by atoms with E-state index >= 15 is 0 Å². The molecule has 0 bridgehead atoms. The first-order chi connectivity index (χ1) is 16.4. The van der Waals surface area contributed by atoms with Crippen LogP contribution in [0.1, 0.15) is 33.6 Å². The third-order valence-electron chi connectivity index (χ3n) is 5.36. The molecule has 2 amide bonds. The number of methoxy groups -OCH3 is 1. The van der Waals surface area contributed by atoms with Crippen molar-refractivity contribution in [3.8, 4) is 11.3 Å². The quantitative estimate of drug-likeness (QED) is 0.537. The average Bonchev–Trinajstić information content (AvgIpc) is 3.24. The molecular weight excluding hydrogens is 432 g/mol. The molecule has 4 rings (SSSR count). The molecule has 2 N–H and O–H groups in total. The van der Waals surface area contributed by atoms with Gasteiger partial charge in [0.1, 0.15) is 5.82 Å². The number of amides is 2. The van der Waals surface area contributed by atoms with Crippen LogP contribution in [0, 0.1) is 0 Å². The Kier molecular flexibility index (Phi) is 6.68. The SMILES string of the molecule is COC(=O)c1cccc(C(=O)Nc2cc(-c3ccc(NC(=O)C4=CCCC=C4)cc3)nn2C)c1. The fourth-order valence-electron chi connectivity index (χ4n) is 3.53. The zero-order valence-electron chi connectivity index (χ0n) is 18.9. The lowest BCUT2D eigenvalue weighted by Crippen LogP contribution is -2.15. The summed E-state index contributed by atoms with van der Waals surface area (Å²) in [7, 11) is 3.02. The summed E-state index contributed by atoms with van der Waals surface area (Å²) in [5.74, 6) is -0.520. The summed E-state index contributed by atoms with van der Waals surface area (Å²) in [6.07, 6.45) is 7.58. The maximum absolute atomic E-state index is 12.7. The van der Waals surface area contributed by atoms with Gasteiger partial charge in [-0.1, -0.05) is 36.4 Å². The van der Waals surface area contributed by atoms with Crippen molar-refractivity contribution in [3.05, 3.63) is 89.5 Å². The Morgan fingerprint density at radius 1 is 0.941 bits per heavy atom. The van der Waals surface area contributed by atoms with Gasteiger partial charge in [-0.05, 0) is 43.2 Å². The Morgan fingerprint density at radius 2 is 1.71 bits per heavy atom. The van der Waals surface area contributed by atoms with Crippen LogP contribution in [0.15, 0.2) is 78.4 Å². The van der Waals surface area contributed by atoms with Gasteiger partial charge in [0.05, 0.1) is 18.4 Å². The van der Waals surface area contributed by atoms with E-state index in [0.717, 1.165) is 18.4 Å². The molecule has 0 unspecified atom stereocenters. The van der Waals surface area contributed by atoms with Crippen LogP contribution in [-0.2, 0) is 16.6 Å². The molecule has 172 valence electrons. The molecule has 1 heterocycles. The predicted octanol–water partition coefficient (Wildman–Crippen LogP) is 4.34. The molecular formula is C26H24N4O4. The molecule has 3 aromatic rings. The van der Waals surface area contributed by atoms with Crippen molar-refractivity contribution in [1.82, 2.24) is 9.78 Å². The number of nitrogens with zero attached hydrogens (tertiary/aromatic N) is 2. The van der Waals surface area contributed by atoms with Crippen LogP contribution in [0.4, 0.5) is 11.5 Å². The zero-order valence-corrected chi connectivity index (χ0v) is 18.9. The zero-order chi connectivity index (χ0) is 24.1. The molecule has 2 aromatic carbocycles. The van der Waals surface area contributed by atoms with Gasteiger partial charge in [-0.15, -0.1) is 0 Å². The molecule has 1 aromatic heterocycles. The fraction of sp³-hybridized carbons (Fsp3) is 0.154. The Balaban J connectivity index is 1.45. The first-order valence-corrected chi connectivity index (χ1v) is 10.8. The van der Waals surface area contributed by atoms with Crippen molar-refractivity contribution in [2.45, 2.75) is 12.8 Å². The number of carbonyl (C=O) groups excluding carboxylic acids is 3. The van der Waals surface area contributed by atoms with Crippen LogP contribution in [0.5, 0.6) is 0 Å². The van der Waals surface area contributed by atoms with Gasteiger partial charge >= 0.3 is 5.97 Å². The number of benzene rings is 2. The van der Waals surface area contributed by atoms with E-state index in [1.165, 1.54) is 13.2 Å². The van der Waals surface area contributed by atoms with Gasteiger partial charge in [0.15, 0.2) is 0 Å². The standard InChI is InChI=1S/C26H24N4O4/c1-30-23(28-25(32)19-9-6-10-20(15-19)26(33)34-2)16-22(29-30)17-11-13-21(14-12-17)27-24(31)18-7-4-3-5-8-18/h4,6-16H,3,5H2,1-2H3,(H,27,31)(H,28,32). The Hall–Kier alpha value is -4.46. The van der Waals surface area contributed by atoms with E-state index in [1.54, 1.807) is 36.0 Å². The number of aryl methyl sites for hydroxylation is 1. The molecule has 0 fully saturated rings. The van der Waals surface area contributed by atoms with Gasteiger partial charge in [-0.3, -0.25) is 14.3 Å². The van der Waals surface area contributed by atoms with Crippen molar-refractivity contribution in [2.24, 2.45) is 7.05 Å². The fourth-order valence-corrected chi connectivity index (χ4v) is 3.53. The summed E-state index contributed by atoms with van der Waals surface area (Å²) in [5.41, 5.74) is 3.47. The van der Waals surface area contributed by atoms with E-state index in [-0.39, 0.29) is 11.8 Å². The number of rotatable bonds is 6. The second kappa shape index (κ2) is 9.99. The lowest BCUT2D eigenvalue weighted by molar-refractivity contribution is -0.112. The summed E-state index contributed by atoms with van der Waals surface area (Å²) < 4.78 is 6.27. The highest BCUT2D eigenvalue weighted by Gasteiger charge is 2.14. The highest BCUT2D eigenvalue weighted by molar-refractivity contribution is 6.06. The molecule has 0 spiro atoms. The number of allylic oxidation sites excluding steroid dienone is 2. The predicted molar refractivity (Wildman–Crippen MR) is 129 cm³/mol. The van der Waals surface area contributed by atoms with E-state index in [9.17, 15) is 14.4 Å². The minimum atomic E-state index is -0.510. The number of hydrogen-bond acceptors (Lipinski definition) is 5. The molecule has 0 saturated carbocycles. The molecule has 0 atom stereocenters. The minimum absolute atomic E-state index is 0.136. The summed E-state index contributed by atoms with van der Waals surface area (Å²) in [4.78, 5) is 36.8. The molecule has 8 nitrogen and oxygen atoms in total. The van der Waals surface area contributed by atoms with Crippen LogP contribution in [-0.4, -0.2) is 34.7 Å². The number of ether oxygens (including phenoxy) is 1. The second-order valence-corrected chi connectivity index (χ2v) is 7.74. The smallest absolute Gasteiger partial charge is 0.337 e. The van der Waals surface area contributed by atoms with E-state index in [1.807, 2.05) is 42.5 Å². The lowest BCUT2D eigenvalue weighted by Gasteiger charge is -2.08. The minimum Gasteiger partial charge on any atom is -0.465 e. The van der Waals surface area contributed by atoms with Crippen molar-refractivity contribution >= 4 is 29.3 Å². The average molecular weight is 457 g/mol. The topological polar surface area (TPSA) is 102 Å². The van der Waals surface area contributed by atoms with E-state index in [0.29, 0.717) is 33.9 Å². The Bertz CT molecular complexity index is 1300. The van der Waals surface area contributed by atoms with Gasteiger partial charge in [0.25, 0.3) is 11.8 Å². The van der Waals surface area contributed by atoms with Crippen molar-refractivity contribution < 1.29 is 19.1 Å². The van der Waals surface area contributed by atoms with Crippen molar-refractivity contribution in [2.75, 3.05) is 17.7 Å². The highest BCUT2D eigenvalue weighted by atomic mass is 16.5. The summed E-state index contributed by atoms with van der Waals surface area (Å²) in [6.45, 7) is 0. The molecule has 8 heteroatoms. The van der Waals surface area contributed by atoms with Crippen LogP contribution in [0.3, 0.4) is 0 Å². The maximum atomic E-state index is 12.7.